The molecule has 2 aromatic heterocycles. The minimum atomic E-state index is -3.37. The number of aromatic nitrogens is 2. The molecule has 38 heavy (non-hydrogen) atoms. The molecule has 0 saturated heterocycles. The molecule has 0 fully saturated rings. The number of methoxy groups -OCH3 is 1. The number of pyridine rings is 1. The quantitative estimate of drug-likeness (QED) is 0.361. The van der Waals surface area contributed by atoms with Crippen molar-refractivity contribution in [3.8, 4) is 11.1 Å². The number of sulfone groups is 1. The van der Waals surface area contributed by atoms with E-state index in [4.69, 9.17) is 4.74 Å². The van der Waals surface area contributed by atoms with Gasteiger partial charge in [-0.05, 0) is 36.2 Å². The summed E-state index contributed by atoms with van der Waals surface area (Å²) >= 11 is 0. The van der Waals surface area contributed by atoms with E-state index < -0.39 is 33.5 Å². The Morgan fingerprint density at radius 2 is 1.84 bits per heavy atom. The van der Waals surface area contributed by atoms with Crippen LogP contribution in [0.1, 0.15) is 30.0 Å². The number of aromatic amines is 1. The fraction of sp³-hybridized carbons (Fsp3) is 0.259. The summed E-state index contributed by atoms with van der Waals surface area (Å²) in [6, 6.07) is 7.64. The standard InChI is InChI=1S/C27H25F2N3O5S/c1-31-13-19-17-10-15(14-38(3,35)36)4-6-21(17)32(23-7-5-16(28)11-20(23)29)22(8-9-24(33)37-2)18-12-30-26(25(18)19)27(31)34/h4-7,10-13,22,30H,8-9,14H2,1-3H3/t22-/m1/s1. The van der Waals surface area contributed by atoms with E-state index in [-0.39, 0.29) is 29.8 Å². The Hall–Kier alpha value is -3.99. The maximum Gasteiger partial charge on any atom is 0.305 e. The Balaban J connectivity index is 1.87. The molecule has 5 rings (SSSR count). The zero-order valence-corrected chi connectivity index (χ0v) is 21.7. The molecule has 1 atom stereocenters. The number of halogens is 2. The minimum absolute atomic E-state index is 0.00513. The maximum atomic E-state index is 15.4. The topological polar surface area (TPSA) is 101 Å². The molecule has 1 N–H and O–H groups in total. The molecule has 0 saturated carbocycles. The third kappa shape index (κ3) is 4.47. The number of hydrogen-bond donors (Lipinski definition) is 1. The van der Waals surface area contributed by atoms with Crippen molar-refractivity contribution in [3.63, 3.8) is 0 Å². The van der Waals surface area contributed by atoms with Gasteiger partial charge in [-0.15, -0.1) is 0 Å². The molecule has 11 heteroatoms. The van der Waals surface area contributed by atoms with Crippen LogP contribution in [-0.4, -0.2) is 37.3 Å². The van der Waals surface area contributed by atoms with Crippen molar-refractivity contribution < 1.29 is 26.7 Å². The summed E-state index contributed by atoms with van der Waals surface area (Å²) < 4.78 is 59.7. The second-order valence-corrected chi connectivity index (χ2v) is 11.6. The summed E-state index contributed by atoms with van der Waals surface area (Å²) in [6.07, 6.45) is 4.64. The molecule has 1 aliphatic heterocycles. The molecule has 1 aliphatic rings. The van der Waals surface area contributed by atoms with E-state index in [0.29, 0.717) is 38.8 Å². The van der Waals surface area contributed by atoms with Gasteiger partial charge in [0.05, 0.1) is 24.6 Å². The highest BCUT2D eigenvalue weighted by molar-refractivity contribution is 7.89. The number of fused-ring (bicyclic) bond motifs is 2. The lowest BCUT2D eigenvalue weighted by molar-refractivity contribution is -0.140. The van der Waals surface area contributed by atoms with Gasteiger partial charge < -0.3 is 19.2 Å². The number of nitrogens with zero attached hydrogens (tertiary/aromatic N) is 2. The smallest absolute Gasteiger partial charge is 0.305 e. The fourth-order valence-electron chi connectivity index (χ4n) is 5.18. The predicted molar refractivity (Wildman–Crippen MR) is 140 cm³/mol. The number of H-pyrrole nitrogens is 1. The molecular weight excluding hydrogens is 516 g/mol. The second-order valence-electron chi connectivity index (χ2n) is 9.47. The van der Waals surface area contributed by atoms with Gasteiger partial charge in [0.15, 0.2) is 9.84 Å². The van der Waals surface area contributed by atoms with Crippen molar-refractivity contribution in [3.05, 3.63) is 81.9 Å². The highest BCUT2D eigenvalue weighted by atomic mass is 32.2. The van der Waals surface area contributed by atoms with E-state index in [1.807, 2.05) is 0 Å². The van der Waals surface area contributed by atoms with E-state index in [2.05, 4.69) is 4.98 Å². The van der Waals surface area contributed by atoms with Crippen LogP contribution in [0.25, 0.3) is 22.0 Å². The molecule has 0 unspecified atom stereocenters. The number of nitrogens with one attached hydrogen (secondary N) is 1. The van der Waals surface area contributed by atoms with Crippen molar-refractivity contribution in [2.45, 2.75) is 24.6 Å². The van der Waals surface area contributed by atoms with Gasteiger partial charge in [0, 0.05) is 65.9 Å². The van der Waals surface area contributed by atoms with Gasteiger partial charge in [-0.1, -0.05) is 6.07 Å². The summed E-state index contributed by atoms with van der Waals surface area (Å²) in [7, 11) is -0.483. The lowest BCUT2D eigenvalue weighted by Crippen LogP contribution is -2.25. The average Bonchev–Trinajstić information content (AvgIpc) is 3.25. The van der Waals surface area contributed by atoms with Gasteiger partial charge in [0.1, 0.15) is 17.2 Å². The lowest BCUT2D eigenvalue weighted by Gasteiger charge is -2.34. The number of anilines is 2. The van der Waals surface area contributed by atoms with Crippen LogP contribution >= 0.6 is 0 Å². The van der Waals surface area contributed by atoms with Crippen LogP contribution in [0.4, 0.5) is 20.2 Å². The summed E-state index contributed by atoms with van der Waals surface area (Å²) in [4.78, 5) is 29.9. The van der Waals surface area contributed by atoms with Crippen LogP contribution < -0.4 is 10.5 Å². The Morgan fingerprint density at radius 1 is 1.11 bits per heavy atom. The first-order valence-corrected chi connectivity index (χ1v) is 13.9. The Bertz CT molecular complexity index is 1760. The maximum absolute atomic E-state index is 15.4. The van der Waals surface area contributed by atoms with Crippen LogP contribution in [0, 0.1) is 11.6 Å². The first-order chi connectivity index (χ1) is 18.0. The van der Waals surface area contributed by atoms with Gasteiger partial charge in [-0.2, -0.15) is 0 Å². The molecule has 0 spiro atoms. The number of carbonyl (C=O) groups is 1. The first kappa shape index (κ1) is 25.7. The minimum Gasteiger partial charge on any atom is -0.469 e. The molecule has 0 radical (unpaired) electrons. The monoisotopic (exact) mass is 541 g/mol. The molecule has 0 aliphatic carbocycles. The van der Waals surface area contributed by atoms with Crippen LogP contribution in [0.5, 0.6) is 0 Å². The van der Waals surface area contributed by atoms with Crippen molar-refractivity contribution in [2.24, 2.45) is 7.05 Å². The van der Waals surface area contributed by atoms with E-state index in [0.717, 1.165) is 18.4 Å². The van der Waals surface area contributed by atoms with E-state index >= 15 is 4.39 Å². The van der Waals surface area contributed by atoms with Gasteiger partial charge in [-0.25, -0.2) is 17.2 Å². The highest BCUT2D eigenvalue weighted by Gasteiger charge is 2.34. The number of rotatable bonds is 6. The van der Waals surface area contributed by atoms with Crippen molar-refractivity contribution in [1.29, 1.82) is 0 Å². The SMILES string of the molecule is COC(=O)CC[C@@H]1c2c[nH]c3c(=O)n(C)cc(c23)-c2cc(CS(C)(=O)=O)ccc2N1c1ccc(F)cc1F. The number of ether oxygens (including phenoxy) is 1. The van der Waals surface area contributed by atoms with Gasteiger partial charge in [0.2, 0.25) is 0 Å². The highest BCUT2D eigenvalue weighted by Crippen LogP contribution is 2.50. The van der Waals surface area contributed by atoms with Crippen molar-refractivity contribution in [1.82, 2.24) is 9.55 Å². The molecule has 4 aromatic rings. The summed E-state index contributed by atoms with van der Waals surface area (Å²) in [5.41, 5.74) is 2.97. The molecule has 198 valence electrons. The third-order valence-corrected chi connectivity index (χ3v) is 7.62. The van der Waals surface area contributed by atoms with Gasteiger partial charge in [0.25, 0.3) is 5.56 Å². The van der Waals surface area contributed by atoms with E-state index in [9.17, 15) is 22.4 Å². The number of benzene rings is 2. The van der Waals surface area contributed by atoms with Crippen molar-refractivity contribution >= 4 is 38.1 Å². The zero-order chi connectivity index (χ0) is 27.4. The summed E-state index contributed by atoms with van der Waals surface area (Å²) in [6.45, 7) is 0. The Labute approximate surface area is 217 Å². The molecular formula is C27H25F2N3O5S. The first-order valence-electron chi connectivity index (χ1n) is 11.8. The average molecular weight is 542 g/mol. The summed E-state index contributed by atoms with van der Waals surface area (Å²) in [5, 5.41) is 0.589. The molecule has 8 nitrogen and oxygen atoms in total. The molecule has 0 amide bonds. The third-order valence-electron chi connectivity index (χ3n) is 6.77. The van der Waals surface area contributed by atoms with Crippen LogP contribution in [0.3, 0.4) is 0 Å². The Kier molecular flexibility index (Phi) is 6.34. The van der Waals surface area contributed by atoms with E-state index in [1.54, 1.807) is 42.5 Å². The summed E-state index contributed by atoms with van der Waals surface area (Å²) in [5.74, 6) is -2.24. The number of hydrogen-bond acceptors (Lipinski definition) is 6. The van der Waals surface area contributed by atoms with Crippen LogP contribution in [-0.2, 0) is 32.2 Å². The fourth-order valence-corrected chi connectivity index (χ4v) is 5.97. The van der Waals surface area contributed by atoms with Crippen LogP contribution in [0.15, 0.2) is 53.6 Å². The molecule has 0 bridgehead atoms. The van der Waals surface area contributed by atoms with Gasteiger partial charge in [-0.3, -0.25) is 9.59 Å². The number of esters is 1. The Morgan fingerprint density at radius 3 is 2.53 bits per heavy atom. The zero-order valence-electron chi connectivity index (χ0n) is 20.9. The van der Waals surface area contributed by atoms with Gasteiger partial charge >= 0.3 is 5.97 Å². The number of aryl methyl sites for hydroxylation is 1. The molecule has 3 heterocycles. The second kappa shape index (κ2) is 9.39. The largest absolute Gasteiger partial charge is 0.469 e. The van der Waals surface area contributed by atoms with E-state index in [1.165, 1.54) is 17.7 Å². The lowest BCUT2D eigenvalue weighted by atomic mass is 9.97. The normalized spacial score (nSPS) is 14.9. The van der Waals surface area contributed by atoms with Crippen molar-refractivity contribution in [2.75, 3.05) is 18.3 Å². The predicted octanol–water partition coefficient (Wildman–Crippen LogP) is 4.50. The number of carbonyl (C=O) groups excluding carboxylic acids is 1. The molecule has 2 aromatic carbocycles. The van der Waals surface area contributed by atoms with Crippen LogP contribution in [0.2, 0.25) is 0 Å².